The molecule has 0 aromatic heterocycles. The van der Waals surface area contributed by atoms with E-state index in [-0.39, 0.29) is 0 Å². The van der Waals surface area contributed by atoms with Crippen molar-refractivity contribution in [2.75, 3.05) is 26.2 Å². The van der Waals surface area contributed by atoms with Crippen molar-refractivity contribution < 1.29 is 4.74 Å². The number of nitrogens with zero attached hydrogens (tertiary/aromatic N) is 1. The maximum Gasteiger partial charge on any atom is 0.0728 e. The SMILES string of the molecule is CC.CC.CCN1CCC2(CCO2)CC1. The largest absolute Gasteiger partial charge is 0.375 e. The van der Waals surface area contributed by atoms with E-state index in [1.54, 1.807) is 0 Å². The zero-order valence-electron chi connectivity index (χ0n) is 11.3. The van der Waals surface area contributed by atoms with Gasteiger partial charge in [-0.15, -0.1) is 0 Å². The molecule has 2 nitrogen and oxygen atoms in total. The van der Waals surface area contributed by atoms with Crippen LogP contribution in [0.15, 0.2) is 0 Å². The Hall–Kier alpha value is -0.0800. The number of likely N-dealkylation sites (tertiary alicyclic amines) is 1. The molecule has 0 amide bonds. The second-order valence-corrected chi connectivity index (χ2v) is 3.72. The van der Waals surface area contributed by atoms with Crippen molar-refractivity contribution in [2.24, 2.45) is 0 Å². The zero-order chi connectivity index (χ0) is 11.7. The van der Waals surface area contributed by atoms with Gasteiger partial charge in [0.1, 0.15) is 0 Å². The van der Waals surface area contributed by atoms with Crippen LogP contribution in [-0.2, 0) is 4.74 Å². The third kappa shape index (κ3) is 4.12. The fourth-order valence-electron chi connectivity index (χ4n) is 2.06. The molecule has 2 rings (SSSR count). The highest BCUT2D eigenvalue weighted by Crippen LogP contribution is 2.36. The molecule has 0 aromatic rings. The minimum atomic E-state index is 0.339. The van der Waals surface area contributed by atoms with Crippen molar-refractivity contribution in [2.45, 2.75) is 59.5 Å². The smallest absolute Gasteiger partial charge is 0.0728 e. The predicted molar refractivity (Wildman–Crippen MR) is 67.3 cm³/mol. The Labute approximate surface area is 96.0 Å². The highest BCUT2D eigenvalue weighted by atomic mass is 16.5. The van der Waals surface area contributed by atoms with Crippen LogP contribution in [-0.4, -0.2) is 36.7 Å². The molecule has 2 aliphatic heterocycles. The molecule has 1 spiro atoms. The zero-order valence-corrected chi connectivity index (χ0v) is 11.3. The first-order valence-corrected chi connectivity index (χ1v) is 6.71. The molecular formula is C13H29NO. The number of hydrogen-bond acceptors (Lipinski definition) is 2. The highest BCUT2D eigenvalue weighted by Gasteiger charge is 2.40. The lowest BCUT2D eigenvalue weighted by Crippen LogP contribution is -2.52. The molecule has 92 valence electrons. The third-order valence-electron chi connectivity index (χ3n) is 3.18. The molecule has 2 aliphatic rings. The highest BCUT2D eigenvalue weighted by molar-refractivity contribution is 4.92. The normalized spacial score (nSPS) is 23.0. The second-order valence-electron chi connectivity index (χ2n) is 3.72. The average molecular weight is 215 g/mol. The van der Waals surface area contributed by atoms with Gasteiger partial charge in [0.25, 0.3) is 0 Å². The predicted octanol–water partition coefficient (Wildman–Crippen LogP) is 3.31. The van der Waals surface area contributed by atoms with E-state index >= 15 is 0 Å². The first-order chi connectivity index (χ1) is 7.35. The lowest BCUT2D eigenvalue weighted by molar-refractivity contribution is -0.172. The molecule has 0 aliphatic carbocycles. The van der Waals surface area contributed by atoms with Gasteiger partial charge in [-0.1, -0.05) is 34.6 Å². The standard InChI is InChI=1S/C9H17NO.2C2H6/c1-2-10-6-3-9(4-7-10)5-8-11-9;2*1-2/h2-8H2,1H3;2*1-2H3. The molecule has 0 aromatic carbocycles. The summed E-state index contributed by atoms with van der Waals surface area (Å²) >= 11 is 0. The van der Waals surface area contributed by atoms with Gasteiger partial charge < -0.3 is 9.64 Å². The van der Waals surface area contributed by atoms with E-state index in [2.05, 4.69) is 11.8 Å². The van der Waals surface area contributed by atoms with Crippen LogP contribution in [0, 0.1) is 0 Å². The number of hydrogen-bond donors (Lipinski definition) is 0. The topological polar surface area (TPSA) is 12.5 Å². The van der Waals surface area contributed by atoms with Gasteiger partial charge in [-0.25, -0.2) is 0 Å². The average Bonchev–Trinajstić information content (AvgIpc) is 2.32. The van der Waals surface area contributed by atoms with E-state index in [0.29, 0.717) is 5.60 Å². The second kappa shape index (κ2) is 8.12. The Morgan fingerprint density at radius 1 is 1.00 bits per heavy atom. The van der Waals surface area contributed by atoms with Gasteiger partial charge in [-0.05, 0) is 25.8 Å². The fraction of sp³-hybridized carbons (Fsp3) is 1.00. The lowest BCUT2D eigenvalue weighted by atomic mass is 9.84. The Balaban J connectivity index is 0.000000442. The van der Waals surface area contributed by atoms with Gasteiger partial charge >= 0.3 is 0 Å². The van der Waals surface area contributed by atoms with Crippen LogP contribution in [0.2, 0.25) is 0 Å². The maximum atomic E-state index is 5.63. The quantitative estimate of drug-likeness (QED) is 0.665. The lowest BCUT2D eigenvalue weighted by Gasteiger charge is -2.47. The summed E-state index contributed by atoms with van der Waals surface area (Å²) in [7, 11) is 0. The Bertz CT molecular complexity index is 133. The molecule has 0 bridgehead atoms. The summed E-state index contributed by atoms with van der Waals surface area (Å²) in [5, 5.41) is 0. The van der Waals surface area contributed by atoms with Gasteiger partial charge in [0.2, 0.25) is 0 Å². The maximum absolute atomic E-state index is 5.63. The van der Waals surface area contributed by atoms with Gasteiger partial charge in [-0.2, -0.15) is 0 Å². The molecule has 0 atom stereocenters. The summed E-state index contributed by atoms with van der Waals surface area (Å²) in [5.41, 5.74) is 0.339. The van der Waals surface area contributed by atoms with Gasteiger partial charge in [0, 0.05) is 13.1 Å². The summed E-state index contributed by atoms with van der Waals surface area (Å²) in [6, 6.07) is 0. The molecular weight excluding hydrogens is 186 g/mol. The Kier molecular flexibility index (Phi) is 8.07. The number of rotatable bonds is 1. The van der Waals surface area contributed by atoms with Crippen LogP contribution in [0.3, 0.4) is 0 Å². The molecule has 2 fully saturated rings. The molecule has 15 heavy (non-hydrogen) atoms. The minimum Gasteiger partial charge on any atom is -0.375 e. The molecule has 0 saturated carbocycles. The monoisotopic (exact) mass is 215 g/mol. The molecule has 2 saturated heterocycles. The van der Waals surface area contributed by atoms with Crippen molar-refractivity contribution >= 4 is 0 Å². The van der Waals surface area contributed by atoms with Gasteiger partial charge in [0.15, 0.2) is 0 Å². The van der Waals surface area contributed by atoms with E-state index in [9.17, 15) is 0 Å². The minimum absolute atomic E-state index is 0.339. The van der Waals surface area contributed by atoms with Gasteiger partial charge in [-0.3, -0.25) is 0 Å². The summed E-state index contributed by atoms with van der Waals surface area (Å²) in [6.45, 7) is 14.9. The third-order valence-corrected chi connectivity index (χ3v) is 3.18. The first-order valence-electron chi connectivity index (χ1n) is 6.71. The Morgan fingerprint density at radius 2 is 1.47 bits per heavy atom. The van der Waals surface area contributed by atoms with E-state index in [0.717, 1.165) is 6.61 Å². The van der Waals surface area contributed by atoms with E-state index < -0.39 is 0 Å². The van der Waals surface area contributed by atoms with Crippen LogP contribution < -0.4 is 0 Å². The van der Waals surface area contributed by atoms with Gasteiger partial charge in [0.05, 0.1) is 12.2 Å². The van der Waals surface area contributed by atoms with E-state index in [4.69, 9.17) is 4.74 Å². The van der Waals surface area contributed by atoms with Crippen LogP contribution in [0.4, 0.5) is 0 Å². The summed E-state index contributed by atoms with van der Waals surface area (Å²) < 4.78 is 5.63. The fourth-order valence-corrected chi connectivity index (χ4v) is 2.06. The van der Waals surface area contributed by atoms with Crippen LogP contribution in [0.1, 0.15) is 53.9 Å². The van der Waals surface area contributed by atoms with Crippen molar-refractivity contribution in [3.05, 3.63) is 0 Å². The molecule has 0 unspecified atom stereocenters. The van der Waals surface area contributed by atoms with E-state index in [1.165, 1.54) is 38.9 Å². The summed E-state index contributed by atoms with van der Waals surface area (Å²) in [6.07, 6.45) is 3.84. The van der Waals surface area contributed by atoms with E-state index in [1.807, 2.05) is 27.7 Å². The number of ether oxygens (including phenoxy) is 1. The van der Waals surface area contributed by atoms with Crippen molar-refractivity contribution in [3.8, 4) is 0 Å². The van der Waals surface area contributed by atoms with Crippen molar-refractivity contribution in [3.63, 3.8) is 0 Å². The van der Waals surface area contributed by atoms with Crippen LogP contribution in [0.25, 0.3) is 0 Å². The summed E-state index contributed by atoms with van der Waals surface area (Å²) in [5.74, 6) is 0. The Morgan fingerprint density at radius 3 is 1.73 bits per heavy atom. The van der Waals surface area contributed by atoms with Crippen molar-refractivity contribution in [1.29, 1.82) is 0 Å². The summed E-state index contributed by atoms with van der Waals surface area (Å²) in [4.78, 5) is 2.51. The molecule has 0 N–H and O–H groups in total. The number of piperidine rings is 1. The van der Waals surface area contributed by atoms with Crippen LogP contribution in [0.5, 0.6) is 0 Å². The molecule has 2 heterocycles. The van der Waals surface area contributed by atoms with Crippen molar-refractivity contribution in [1.82, 2.24) is 4.90 Å². The molecule has 0 radical (unpaired) electrons. The first kappa shape index (κ1) is 14.9. The molecule has 2 heteroatoms. The van der Waals surface area contributed by atoms with Crippen LogP contribution >= 0.6 is 0 Å².